The predicted octanol–water partition coefficient (Wildman–Crippen LogP) is 1.53. The summed E-state index contributed by atoms with van der Waals surface area (Å²) in [4.78, 5) is 2.29. The smallest absolute Gasteiger partial charge is 0.0984 e. The number of nitrogens with zero attached hydrogens (tertiary/aromatic N) is 1. The zero-order chi connectivity index (χ0) is 10.7. The summed E-state index contributed by atoms with van der Waals surface area (Å²) in [7, 11) is 2.13. The van der Waals surface area contributed by atoms with Crippen LogP contribution in [0.4, 0.5) is 0 Å². The summed E-state index contributed by atoms with van der Waals surface area (Å²) in [5.41, 5.74) is 0. The fourth-order valence-corrected chi connectivity index (χ4v) is 2.24. The molecule has 1 N–H and O–H groups in total. The minimum atomic E-state index is -0.0867. The van der Waals surface area contributed by atoms with Crippen molar-refractivity contribution in [2.75, 3.05) is 20.1 Å². The molecule has 0 spiro atoms. The number of hydrogen-bond donors (Lipinski definition) is 1. The topological polar surface area (TPSA) is 32.7 Å². The standard InChI is InChI=1S/C12H21NO2/c1-13-8-6-12(7-9-13)15-11-4-2-10(14)3-5-11/h6,10-11,14H,2-5,7-9H2,1H3/t10-,11-. The molecule has 0 bridgehead atoms. The molecular formula is C12H21NO2. The van der Waals surface area contributed by atoms with Gasteiger partial charge < -0.3 is 14.7 Å². The zero-order valence-corrected chi connectivity index (χ0v) is 9.48. The number of aliphatic hydroxyl groups excluding tert-OH is 1. The quantitative estimate of drug-likeness (QED) is 0.752. The Morgan fingerprint density at radius 3 is 2.67 bits per heavy atom. The molecule has 0 radical (unpaired) electrons. The van der Waals surface area contributed by atoms with Gasteiger partial charge in [0.15, 0.2) is 0 Å². The van der Waals surface area contributed by atoms with Crippen molar-refractivity contribution in [1.29, 1.82) is 0 Å². The van der Waals surface area contributed by atoms with Gasteiger partial charge in [0.1, 0.15) is 0 Å². The van der Waals surface area contributed by atoms with Gasteiger partial charge in [0, 0.05) is 19.5 Å². The Morgan fingerprint density at radius 2 is 2.07 bits per heavy atom. The van der Waals surface area contributed by atoms with Gasteiger partial charge in [-0.3, -0.25) is 0 Å². The highest BCUT2D eigenvalue weighted by Gasteiger charge is 2.21. The van der Waals surface area contributed by atoms with Gasteiger partial charge in [-0.1, -0.05) is 0 Å². The number of likely N-dealkylation sites (N-methyl/N-ethyl adjacent to an activating group) is 1. The lowest BCUT2D eigenvalue weighted by Crippen LogP contribution is -2.28. The summed E-state index contributed by atoms with van der Waals surface area (Å²) in [6.45, 7) is 2.10. The molecule has 1 fully saturated rings. The first-order valence-electron chi connectivity index (χ1n) is 5.96. The molecule has 0 atom stereocenters. The van der Waals surface area contributed by atoms with Crippen LogP contribution in [0.1, 0.15) is 32.1 Å². The second-order valence-electron chi connectivity index (χ2n) is 4.73. The lowest BCUT2D eigenvalue weighted by molar-refractivity contribution is 0.0253. The molecule has 2 rings (SSSR count). The first-order chi connectivity index (χ1) is 7.24. The number of ether oxygens (including phenoxy) is 1. The number of aliphatic hydroxyl groups is 1. The summed E-state index contributed by atoms with van der Waals surface area (Å²) in [6, 6.07) is 0. The normalized spacial score (nSPS) is 33.6. The van der Waals surface area contributed by atoms with Gasteiger partial charge >= 0.3 is 0 Å². The first kappa shape index (κ1) is 11.0. The Balaban J connectivity index is 1.77. The van der Waals surface area contributed by atoms with E-state index in [4.69, 9.17) is 4.74 Å². The third kappa shape index (κ3) is 3.21. The van der Waals surface area contributed by atoms with Gasteiger partial charge in [-0.05, 0) is 38.8 Å². The molecule has 0 unspecified atom stereocenters. The van der Waals surface area contributed by atoms with Crippen LogP contribution < -0.4 is 0 Å². The Labute approximate surface area is 91.7 Å². The van der Waals surface area contributed by atoms with Crippen molar-refractivity contribution in [2.24, 2.45) is 0 Å². The van der Waals surface area contributed by atoms with Gasteiger partial charge in [-0.2, -0.15) is 0 Å². The maximum Gasteiger partial charge on any atom is 0.0984 e. The van der Waals surface area contributed by atoms with Crippen LogP contribution in [0.5, 0.6) is 0 Å². The van der Waals surface area contributed by atoms with E-state index in [1.165, 1.54) is 0 Å². The monoisotopic (exact) mass is 211 g/mol. The molecule has 0 aromatic carbocycles. The molecule has 15 heavy (non-hydrogen) atoms. The van der Waals surface area contributed by atoms with E-state index >= 15 is 0 Å². The van der Waals surface area contributed by atoms with E-state index in [1.54, 1.807) is 0 Å². The highest BCUT2D eigenvalue weighted by Crippen LogP contribution is 2.24. The molecule has 1 aliphatic heterocycles. The molecule has 0 aromatic heterocycles. The van der Waals surface area contributed by atoms with Crippen molar-refractivity contribution >= 4 is 0 Å². The molecular weight excluding hydrogens is 190 g/mol. The fourth-order valence-electron chi connectivity index (χ4n) is 2.24. The molecule has 2 aliphatic rings. The SMILES string of the molecule is CN1CC=C(O[C@H]2CC[C@H](O)CC2)CC1. The Hall–Kier alpha value is -0.540. The molecule has 0 amide bonds. The summed E-state index contributed by atoms with van der Waals surface area (Å²) in [6.07, 6.45) is 7.31. The third-order valence-electron chi connectivity index (χ3n) is 3.33. The molecule has 0 saturated heterocycles. The molecule has 3 heteroatoms. The molecule has 0 aromatic rings. The number of hydrogen-bond acceptors (Lipinski definition) is 3. The fraction of sp³-hybridized carbons (Fsp3) is 0.833. The average molecular weight is 211 g/mol. The van der Waals surface area contributed by atoms with Crippen LogP contribution in [0.25, 0.3) is 0 Å². The summed E-state index contributed by atoms with van der Waals surface area (Å²) in [5.74, 6) is 1.16. The zero-order valence-electron chi connectivity index (χ0n) is 9.48. The van der Waals surface area contributed by atoms with E-state index in [9.17, 15) is 5.11 Å². The van der Waals surface area contributed by atoms with E-state index in [0.717, 1.165) is 51.0 Å². The van der Waals surface area contributed by atoms with Crippen molar-refractivity contribution in [2.45, 2.75) is 44.3 Å². The highest BCUT2D eigenvalue weighted by atomic mass is 16.5. The Bertz CT molecular complexity index is 232. The Kier molecular flexibility index (Phi) is 3.65. The molecule has 1 saturated carbocycles. The first-order valence-corrected chi connectivity index (χ1v) is 5.96. The lowest BCUT2D eigenvalue weighted by Gasteiger charge is -2.29. The lowest BCUT2D eigenvalue weighted by atomic mass is 9.95. The predicted molar refractivity (Wildman–Crippen MR) is 59.5 cm³/mol. The van der Waals surface area contributed by atoms with Gasteiger partial charge in [-0.15, -0.1) is 0 Å². The van der Waals surface area contributed by atoms with Crippen LogP contribution in [-0.2, 0) is 4.74 Å². The summed E-state index contributed by atoms with van der Waals surface area (Å²) < 4.78 is 5.95. The largest absolute Gasteiger partial charge is 0.495 e. The van der Waals surface area contributed by atoms with E-state index in [0.29, 0.717) is 6.10 Å². The second kappa shape index (κ2) is 4.99. The van der Waals surface area contributed by atoms with Gasteiger partial charge in [-0.25, -0.2) is 0 Å². The van der Waals surface area contributed by atoms with E-state index < -0.39 is 0 Å². The van der Waals surface area contributed by atoms with E-state index in [2.05, 4.69) is 18.0 Å². The Morgan fingerprint density at radius 1 is 1.33 bits per heavy atom. The van der Waals surface area contributed by atoms with Gasteiger partial charge in [0.05, 0.1) is 18.0 Å². The van der Waals surface area contributed by atoms with Crippen LogP contribution >= 0.6 is 0 Å². The van der Waals surface area contributed by atoms with Crippen LogP contribution in [0, 0.1) is 0 Å². The minimum Gasteiger partial charge on any atom is -0.495 e. The molecule has 1 aliphatic carbocycles. The maximum absolute atomic E-state index is 9.39. The third-order valence-corrected chi connectivity index (χ3v) is 3.33. The van der Waals surface area contributed by atoms with Gasteiger partial charge in [0.2, 0.25) is 0 Å². The second-order valence-corrected chi connectivity index (χ2v) is 4.73. The molecule has 86 valence electrons. The average Bonchev–Trinajstić information content (AvgIpc) is 2.25. The van der Waals surface area contributed by atoms with Crippen LogP contribution in [0.15, 0.2) is 11.8 Å². The summed E-state index contributed by atoms with van der Waals surface area (Å²) in [5, 5.41) is 9.39. The maximum atomic E-state index is 9.39. The van der Waals surface area contributed by atoms with Crippen LogP contribution in [0.3, 0.4) is 0 Å². The van der Waals surface area contributed by atoms with Gasteiger partial charge in [0.25, 0.3) is 0 Å². The van der Waals surface area contributed by atoms with E-state index in [1.807, 2.05) is 0 Å². The minimum absolute atomic E-state index is 0.0867. The van der Waals surface area contributed by atoms with Crippen LogP contribution in [0.2, 0.25) is 0 Å². The van der Waals surface area contributed by atoms with E-state index in [-0.39, 0.29) is 6.10 Å². The van der Waals surface area contributed by atoms with Crippen molar-refractivity contribution in [3.8, 4) is 0 Å². The van der Waals surface area contributed by atoms with Crippen molar-refractivity contribution in [1.82, 2.24) is 4.90 Å². The molecule has 1 heterocycles. The van der Waals surface area contributed by atoms with Crippen molar-refractivity contribution in [3.05, 3.63) is 11.8 Å². The van der Waals surface area contributed by atoms with Crippen LogP contribution in [-0.4, -0.2) is 42.4 Å². The number of rotatable bonds is 2. The van der Waals surface area contributed by atoms with Crippen molar-refractivity contribution in [3.63, 3.8) is 0 Å². The summed E-state index contributed by atoms with van der Waals surface area (Å²) >= 11 is 0. The van der Waals surface area contributed by atoms with Crippen molar-refractivity contribution < 1.29 is 9.84 Å². The molecule has 3 nitrogen and oxygen atoms in total. The highest BCUT2D eigenvalue weighted by molar-refractivity contribution is 5.00.